The number of nitrogens with one attached hydrogen (secondary N) is 1. The summed E-state index contributed by atoms with van der Waals surface area (Å²) < 4.78 is 12.4. The number of hydrogen-bond donors (Lipinski definition) is 1. The number of aryl methyl sites for hydroxylation is 1. The van der Waals surface area contributed by atoms with Crippen LogP contribution in [-0.4, -0.2) is 61.0 Å². The maximum absolute atomic E-state index is 12.7. The Hall–Kier alpha value is -2.54. The van der Waals surface area contributed by atoms with Crippen molar-refractivity contribution < 1.29 is 14.3 Å². The van der Waals surface area contributed by atoms with E-state index in [0.717, 1.165) is 25.2 Å². The minimum absolute atomic E-state index is 0.0951. The van der Waals surface area contributed by atoms with E-state index in [-0.39, 0.29) is 5.91 Å². The van der Waals surface area contributed by atoms with Gasteiger partial charge in [-0.25, -0.2) is 0 Å². The first-order chi connectivity index (χ1) is 13.2. The summed E-state index contributed by atoms with van der Waals surface area (Å²) in [6.07, 6.45) is 2.51. The van der Waals surface area contributed by atoms with Crippen LogP contribution in [0.25, 0.3) is 11.3 Å². The van der Waals surface area contributed by atoms with E-state index in [0.29, 0.717) is 36.0 Å². The van der Waals surface area contributed by atoms with Crippen LogP contribution in [-0.2, 0) is 6.54 Å². The van der Waals surface area contributed by atoms with Crippen molar-refractivity contribution in [3.8, 4) is 22.8 Å². The Bertz CT molecular complexity index is 782. The summed E-state index contributed by atoms with van der Waals surface area (Å²) in [5.41, 5.74) is 2.10. The maximum Gasteiger partial charge on any atom is 0.269 e. The van der Waals surface area contributed by atoms with Crippen LogP contribution in [0.5, 0.6) is 11.5 Å². The predicted octanol–water partition coefficient (Wildman–Crippen LogP) is 2.41. The monoisotopic (exact) mass is 372 g/mol. The second-order valence-corrected chi connectivity index (χ2v) is 6.60. The van der Waals surface area contributed by atoms with Gasteiger partial charge in [0.05, 0.1) is 19.9 Å². The van der Waals surface area contributed by atoms with E-state index < -0.39 is 0 Å². The molecule has 1 aromatic carbocycles. The molecule has 1 N–H and O–H groups in total. The quantitative estimate of drug-likeness (QED) is 0.771. The molecule has 3 rings (SSSR count). The average molecular weight is 372 g/mol. The molecule has 1 amide bonds. The summed E-state index contributed by atoms with van der Waals surface area (Å²) in [5.74, 6) is 1.28. The molecule has 0 saturated carbocycles. The van der Waals surface area contributed by atoms with Crippen LogP contribution in [0, 0.1) is 0 Å². The molecule has 7 nitrogen and oxygen atoms in total. The molecule has 0 atom stereocenters. The Kier molecular flexibility index (Phi) is 6.34. The van der Waals surface area contributed by atoms with Crippen LogP contribution in [0.3, 0.4) is 0 Å². The lowest BCUT2D eigenvalue weighted by Gasteiger charge is -2.14. The SMILES string of the molecule is CCn1nc(-c2ccc(OC)cc2OC)cc1C(=O)NCCN1CCCC1. The minimum Gasteiger partial charge on any atom is -0.497 e. The Morgan fingerprint density at radius 2 is 1.96 bits per heavy atom. The fourth-order valence-electron chi connectivity index (χ4n) is 3.41. The lowest BCUT2D eigenvalue weighted by Crippen LogP contribution is -2.34. The Morgan fingerprint density at radius 3 is 2.63 bits per heavy atom. The van der Waals surface area contributed by atoms with Gasteiger partial charge in [0.15, 0.2) is 0 Å². The number of amides is 1. The summed E-state index contributed by atoms with van der Waals surface area (Å²) in [6, 6.07) is 7.39. The van der Waals surface area contributed by atoms with E-state index in [1.54, 1.807) is 18.9 Å². The average Bonchev–Trinajstić information content (AvgIpc) is 3.37. The zero-order chi connectivity index (χ0) is 19.2. The number of aromatic nitrogens is 2. The van der Waals surface area contributed by atoms with Gasteiger partial charge in [0.2, 0.25) is 0 Å². The summed E-state index contributed by atoms with van der Waals surface area (Å²) in [4.78, 5) is 15.0. The number of rotatable bonds is 8. The van der Waals surface area contributed by atoms with Gasteiger partial charge in [-0.2, -0.15) is 5.10 Å². The van der Waals surface area contributed by atoms with Crippen LogP contribution in [0.15, 0.2) is 24.3 Å². The van der Waals surface area contributed by atoms with Crippen LogP contribution in [0.1, 0.15) is 30.3 Å². The third-order valence-electron chi connectivity index (χ3n) is 4.91. The number of methoxy groups -OCH3 is 2. The first-order valence-electron chi connectivity index (χ1n) is 9.47. The van der Waals surface area contributed by atoms with Gasteiger partial charge in [-0.05, 0) is 51.1 Å². The van der Waals surface area contributed by atoms with Gasteiger partial charge < -0.3 is 19.7 Å². The van der Waals surface area contributed by atoms with E-state index >= 15 is 0 Å². The summed E-state index contributed by atoms with van der Waals surface area (Å²) in [5, 5.41) is 7.61. The predicted molar refractivity (Wildman–Crippen MR) is 104 cm³/mol. The van der Waals surface area contributed by atoms with Crippen molar-refractivity contribution in [2.45, 2.75) is 26.3 Å². The Morgan fingerprint density at radius 1 is 1.19 bits per heavy atom. The third kappa shape index (κ3) is 4.42. The van der Waals surface area contributed by atoms with Crippen molar-refractivity contribution in [3.63, 3.8) is 0 Å². The normalized spacial score (nSPS) is 14.3. The van der Waals surface area contributed by atoms with Crippen LogP contribution in [0.2, 0.25) is 0 Å². The molecule has 1 saturated heterocycles. The fraction of sp³-hybridized carbons (Fsp3) is 0.500. The summed E-state index contributed by atoms with van der Waals surface area (Å²) in [7, 11) is 3.23. The summed E-state index contributed by atoms with van der Waals surface area (Å²) >= 11 is 0. The van der Waals surface area contributed by atoms with E-state index in [9.17, 15) is 4.79 Å². The van der Waals surface area contributed by atoms with Crippen molar-refractivity contribution in [3.05, 3.63) is 30.0 Å². The van der Waals surface area contributed by atoms with Crippen LogP contribution >= 0.6 is 0 Å². The highest BCUT2D eigenvalue weighted by Gasteiger charge is 2.18. The van der Waals surface area contributed by atoms with Gasteiger partial charge >= 0.3 is 0 Å². The Labute approximate surface area is 160 Å². The van der Waals surface area contributed by atoms with Crippen molar-refractivity contribution in [1.29, 1.82) is 0 Å². The Balaban J connectivity index is 1.75. The zero-order valence-electron chi connectivity index (χ0n) is 16.3. The smallest absolute Gasteiger partial charge is 0.269 e. The molecule has 2 heterocycles. The highest BCUT2D eigenvalue weighted by molar-refractivity contribution is 5.94. The molecular formula is C20H28N4O3. The number of likely N-dealkylation sites (tertiary alicyclic amines) is 1. The van der Waals surface area contributed by atoms with Crippen molar-refractivity contribution >= 4 is 5.91 Å². The number of benzene rings is 1. The molecule has 1 aliphatic rings. The number of nitrogens with zero attached hydrogens (tertiary/aromatic N) is 3. The molecule has 2 aromatic rings. The molecule has 0 spiro atoms. The van der Waals surface area contributed by atoms with E-state index in [1.807, 2.05) is 31.2 Å². The number of carbonyl (C=O) groups excluding carboxylic acids is 1. The molecule has 7 heteroatoms. The topological polar surface area (TPSA) is 68.6 Å². The van der Waals surface area contributed by atoms with Crippen molar-refractivity contribution in [1.82, 2.24) is 20.0 Å². The van der Waals surface area contributed by atoms with Gasteiger partial charge in [0.1, 0.15) is 17.2 Å². The summed E-state index contributed by atoms with van der Waals surface area (Å²) in [6.45, 7) is 6.39. The lowest BCUT2D eigenvalue weighted by atomic mass is 10.1. The van der Waals surface area contributed by atoms with Gasteiger partial charge in [-0.15, -0.1) is 0 Å². The van der Waals surface area contributed by atoms with E-state index in [1.165, 1.54) is 12.8 Å². The van der Waals surface area contributed by atoms with Gasteiger partial charge in [-0.1, -0.05) is 0 Å². The molecule has 27 heavy (non-hydrogen) atoms. The first kappa shape index (κ1) is 19.2. The van der Waals surface area contributed by atoms with Gasteiger partial charge in [-0.3, -0.25) is 9.48 Å². The van der Waals surface area contributed by atoms with E-state index in [2.05, 4.69) is 15.3 Å². The highest BCUT2D eigenvalue weighted by Crippen LogP contribution is 2.32. The zero-order valence-corrected chi connectivity index (χ0v) is 16.3. The maximum atomic E-state index is 12.7. The van der Waals surface area contributed by atoms with Gasteiger partial charge in [0.25, 0.3) is 5.91 Å². The minimum atomic E-state index is -0.0951. The number of hydrogen-bond acceptors (Lipinski definition) is 5. The third-order valence-corrected chi connectivity index (χ3v) is 4.91. The second kappa shape index (κ2) is 8.90. The molecular weight excluding hydrogens is 344 g/mol. The molecule has 0 radical (unpaired) electrons. The molecule has 1 aromatic heterocycles. The first-order valence-corrected chi connectivity index (χ1v) is 9.47. The molecule has 0 unspecified atom stereocenters. The van der Waals surface area contributed by atoms with Crippen LogP contribution in [0.4, 0.5) is 0 Å². The molecule has 1 fully saturated rings. The van der Waals surface area contributed by atoms with Crippen molar-refractivity contribution in [2.24, 2.45) is 0 Å². The van der Waals surface area contributed by atoms with Crippen LogP contribution < -0.4 is 14.8 Å². The van der Waals surface area contributed by atoms with E-state index in [4.69, 9.17) is 9.47 Å². The molecule has 0 aliphatic carbocycles. The molecule has 1 aliphatic heterocycles. The lowest BCUT2D eigenvalue weighted by molar-refractivity contribution is 0.0939. The van der Waals surface area contributed by atoms with Gasteiger partial charge in [0, 0.05) is 31.3 Å². The number of ether oxygens (including phenoxy) is 2. The highest BCUT2D eigenvalue weighted by atomic mass is 16.5. The molecule has 146 valence electrons. The second-order valence-electron chi connectivity index (χ2n) is 6.60. The van der Waals surface area contributed by atoms with Crippen molar-refractivity contribution in [2.75, 3.05) is 40.4 Å². The standard InChI is InChI=1S/C20H28N4O3/c1-4-24-18(20(25)21-9-12-23-10-5-6-11-23)14-17(22-24)16-8-7-15(26-2)13-19(16)27-3/h7-8,13-14H,4-6,9-12H2,1-3H3,(H,21,25). The number of carbonyl (C=O) groups is 1. The fourth-order valence-corrected chi connectivity index (χ4v) is 3.41. The molecule has 0 bridgehead atoms. The largest absolute Gasteiger partial charge is 0.497 e.